The number of halogens is 1. The SMILES string of the molecule is CN(C)c1sc(-c2ccccc2)nc1-c1ccc(F)cc1. The van der Waals surface area contributed by atoms with Gasteiger partial charge in [-0.05, 0) is 24.3 Å². The highest BCUT2D eigenvalue weighted by atomic mass is 32.1. The standard InChI is InChI=1S/C17H15FN2S/c1-20(2)17-15(12-8-10-14(18)11-9-12)19-16(21-17)13-6-4-3-5-7-13/h3-11H,1-2H3. The van der Waals surface area contributed by atoms with Crippen LogP contribution >= 0.6 is 11.3 Å². The lowest BCUT2D eigenvalue weighted by atomic mass is 10.1. The number of nitrogens with zero attached hydrogens (tertiary/aromatic N) is 2. The Balaban J connectivity index is 2.11. The summed E-state index contributed by atoms with van der Waals surface area (Å²) in [4.78, 5) is 6.80. The first kappa shape index (κ1) is 13.8. The number of hydrogen-bond acceptors (Lipinski definition) is 3. The van der Waals surface area contributed by atoms with Crippen LogP contribution in [-0.4, -0.2) is 19.1 Å². The summed E-state index contributed by atoms with van der Waals surface area (Å²) in [7, 11) is 3.99. The zero-order valence-corrected chi connectivity index (χ0v) is 12.7. The van der Waals surface area contributed by atoms with Gasteiger partial charge < -0.3 is 4.90 Å². The van der Waals surface area contributed by atoms with Gasteiger partial charge in [0.1, 0.15) is 21.5 Å². The monoisotopic (exact) mass is 298 g/mol. The Hall–Kier alpha value is -2.20. The lowest BCUT2D eigenvalue weighted by Crippen LogP contribution is -2.07. The molecular weight excluding hydrogens is 283 g/mol. The Morgan fingerprint density at radius 3 is 2.19 bits per heavy atom. The van der Waals surface area contributed by atoms with E-state index in [-0.39, 0.29) is 5.82 Å². The van der Waals surface area contributed by atoms with Gasteiger partial charge in [-0.15, -0.1) is 0 Å². The van der Waals surface area contributed by atoms with E-state index >= 15 is 0 Å². The van der Waals surface area contributed by atoms with Crippen LogP contribution < -0.4 is 4.90 Å². The number of thiazole rings is 1. The number of hydrogen-bond donors (Lipinski definition) is 0. The number of rotatable bonds is 3. The van der Waals surface area contributed by atoms with Gasteiger partial charge in [-0.25, -0.2) is 9.37 Å². The molecule has 0 saturated heterocycles. The fourth-order valence-electron chi connectivity index (χ4n) is 2.12. The van der Waals surface area contributed by atoms with Crippen molar-refractivity contribution in [2.45, 2.75) is 0 Å². The zero-order valence-electron chi connectivity index (χ0n) is 11.9. The van der Waals surface area contributed by atoms with Gasteiger partial charge in [-0.1, -0.05) is 41.7 Å². The van der Waals surface area contributed by atoms with Gasteiger partial charge in [-0.2, -0.15) is 0 Å². The van der Waals surface area contributed by atoms with E-state index in [0.717, 1.165) is 26.8 Å². The summed E-state index contributed by atoms with van der Waals surface area (Å²) in [5.41, 5.74) is 2.92. The van der Waals surface area contributed by atoms with Gasteiger partial charge in [0, 0.05) is 25.2 Å². The molecule has 0 aliphatic rings. The number of aromatic nitrogens is 1. The molecule has 0 atom stereocenters. The molecule has 0 N–H and O–H groups in total. The van der Waals surface area contributed by atoms with Crippen LogP contribution in [0.4, 0.5) is 9.39 Å². The second kappa shape index (κ2) is 5.66. The molecule has 0 aliphatic heterocycles. The van der Waals surface area contributed by atoms with Gasteiger partial charge in [0.15, 0.2) is 0 Å². The number of anilines is 1. The van der Waals surface area contributed by atoms with Gasteiger partial charge >= 0.3 is 0 Å². The molecule has 0 spiro atoms. The van der Waals surface area contributed by atoms with E-state index in [1.54, 1.807) is 23.5 Å². The molecule has 0 unspecified atom stereocenters. The summed E-state index contributed by atoms with van der Waals surface area (Å²) in [6.07, 6.45) is 0. The van der Waals surface area contributed by atoms with Crippen molar-refractivity contribution < 1.29 is 4.39 Å². The highest BCUT2D eigenvalue weighted by molar-refractivity contribution is 7.19. The second-order valence-electron chi connectivity index (χ2n) is 4.94. The molecule has 3 aromatic rings. The van der Waals surface area contributed by atoms with Gasteiger partial charge in [-0.3, -0.25) is 0 Å². The van der Waals surface area contributed by atoms with Crippen molar-refractivity contribution in [2.24, 2.45) is 0 Å². The molecule has 1 heterocycles. The normalized spacial score (nSPS) is 10.6. The molecule has 2 nitrogen and oxygen atoms in total. The predicted octanol–water partition coefficient (Wildman–Crippen LogP) is 4.68. The quantitative estimate of drug-likeness (QED) is 0.698. The highest BCUT2D eigenvalue weighted by Gasteiger charge is 2.15. The van der Waals surface area contributed by atoms with E-state index in [4.69, 9.17) is 4.98 Å². The Labute approximate surface area is 127 Å². The lowest BCUT2D eigenvalue weighted by Gasteiger charge is -2.11. The van der Waals surface area contributed by atoms with Crippen molar-refractivity contribution in [3.63, 3.8) is 0 Å². The average Bonchev–Trinajstić information content (AvgIpc) is 2.94. The lowest BCUT2D eigenvalue weighted by molar-refractivity contribution is 0.628. The maximum Gasteiger partial charge on any atom is 0.126 e. The fourth-order valence-corrected chi connectivity index (χ4v) is 3.13. The third kappa shape index (κ3) is 2.81. The first-order valence-corrected chi connectivity index (χ1v) is 7.46. The molecule has 2 aromatic carbocycles. The molecule has 0 amide bonds. The molecule has 4 heteroatoms. The molecule has 1 aromatic heterocycles. The summed E-state index contributed by atoms with van der Waals surface area (Å²) in [5.74, 6) is -0.233. The Morgan fingerprint density at radius 1 is 0.905 bits per heavy atom. The molecule has 0 bridgehead atoms. The smallest absolute Gasteiger partial charge is 0.126 e. The van der Waals surface area contributed by atoms with Crippen LogP contribution in [0.5, 0.6) is 0 Å². The molecule has 3 rings (SSSR count). The van der Waals surface area contributed by atoms with Crippen molar-refractivity contribution in [1.29, 1.82) is 0 Å². The van der Waals surface area contributed by atoms with Crippen LogP contribution in [0.25, 0.3) is 21.8 Å². The summed E-state index contributed by atoms with van der Waals surface area (Å²) >= 11 is 1.64. The van der Waals surface area contributed by atoms with Crippen LogP contribution in [0.3, 0.4) is 0 Å². The van der Waals surface area contributed by atoms with Gasteiger partial charge in [0.2, 0.25) is 0 Å². The Morgan fingerprint density at radius 2 is 1.57 bits per heavy atom. The van der Waals surface area contributed by atoms with E-state index in [1.807, 2.05) is 49.3 Å². The van der Waals surface area contributed by atoms with Crippen LogP contribution in [0.2, 0.25) is 0 Å². The largest absolute Gasteiger partial charge is 0.368 e. The molecular formula is C17H15FN2S. The third-order valence-electron chi connectivity index (χ3n) is 3.15. The molecule has 0 aliphatic carbocycles. The summed E-state index contributed by atoms with van der Waals surface area (Å²) < 4.78 is 13.1. The van der Waals surface area contributed by atoms with E-state index in [0.29, 0.717) is 0 Å². The van der Waals surface area contributed by atoms with E-state index in [2.05, 4.69) is 0 Å². The summed E-state index contributed by atoms with van der Waals surface area (Å²) in [6.45, 7) is 0. The minimum absolute atomic E-state index is 0.233. The van der Waals surface area contributed by atoms with Crippen LogP contribution in [-0.2, 0) is 0 Å². The maximum atomic E-state index is 13.1. The first-order chi connectivity index (χ1) is 10.1. The zero-order chi connectivity index (χ0) is 14.8. The van der Waals surface area contributed by atoms with Crippen molar-refractivity contribution in [3.05, 3.63) is 60.4 Å². The summed E-state index contributed by atoms with van der Waals surface area (Å²) in [6, 6.07) is 16.6. The van der Waals surface area contributed by atoms with Gasteiger partial charge in [0.05, 0.1) is 0 Å². The van der Waals surface area contributed by atoms with Gasteiger partial charge in [0.25, 0.3) is 0 Å². The topological polar surface area (TPSA) is 16.1 Å². The third-order valence-corrected chi connectivity index (χ3v) is 4.43. The van der Waals surface area contributed by atoms with E-state index < -0.39 is 0 Å². The van der Waals surface area contributed by atoms with E-state index in [1.165, 1.54) is 12.1 Å². The fraction of sp³-hybridized carbons (Fsp3) is 0.118. The van der Waals surface area contributed by atoms with Crippen LogP contribution in [0, 0.1) is 5.82 Å². The molecule has 21 heavy (non-hydrogen) atoms. The van der Waals surface area contributed by atoms with Crippen molar-refractivity contribution in [1.82, 2.24) is 4.98 Å². The maximum absolute atomic E-state index is 13.1. The molecule has 106 valence electrons. The second-order valence-corrected chi connectivity index (χ2v) is 5.92. The minimum atomic E-state index is -0.233. The van der Waals surface area contributed by atoms with E-state index in [9.17, 15) is 4.39 Å². The summed E-state index contributed by atoms with van der Waals surface area (Å²) in [5, 5.41) is 2.04. The van der Waals surface area contributed by atoms with Crippen LogP contribution in [0.15, 0.2) is 54.6 Å². The van der Waals surface area contributed by atoms with Crippen LogP contribution in [0.1, 0.15) is 0 Å². The van der Waals surface area contributed by atoms with Crippen molar-refractivity contribution in [2.75, 3.05) is 19.0 Å². The minimum Gasteiger partial charge on any atom is -0.368 e. The molecule has 0 fully saturated rings. The Kier molecular flexibility index (Phi) is 3.71. The number of benzene rings is 2. The first-order valence-electron chi connectivity index (χ1n) is 6.64. The molecule has 0 saturated carbocycles. The van der Waals surface area contributed by atoms with Crippen molar-refractivity contribution in [3.8, 4) is 21.8 Å². The predicted molar refractivity (Wildman–Crippen MR) is 87.3 cm³/mol. The van der Waals surface area contributed by atoms with Crippen molar-refractivity contribution >= 4 is 16.3 Å². The Bertz CT molecular complexity index is 733. The molecule has 0 radical (unpaired) electrons. The average molecular weight is 298 g/mol. The highest BCUT2D eigenvalue weighted by Crippen LogP contribution is 2.39.